The molecule has 2 heterocycles. The number of hydrogen-bond donors (Lipinski definition) is 3. The smallest absolute Gasteiger partial charge is 0.271 e. The third kappa shape index (κ3) is 2.95. The highest BCUT2D eigenvalue weighted by Gasteiger charge is 2.07. The third-order valence-electron chi connectivity index (χ3n) is 1.94. The van der Waals surface area contributed by atoms with Crippen molar-refractivity contribution in [1.29, 1.82) is 0 Å². The van der Waals surface area contributed by atoms with Crippen molar-refractivity contribution in [3.05, 3.63) is 34.7 Å². The molecule has 2 rings (SSSR count). The Kier molecular flexibility index (Phi) is 3.58. The second-order valence-corrected chi connectivity index (χ2v) is 4.05. The molecule has 0 atom stereocenters. The maximum atomic E-state index is 11.7. The van der Waals surface area contributed by atoms with Gasteiger partial charge in [-0.15, -0.1) is 11.3 Å². The van der Waals surface area contributed by atoms with Crippen molar-refractivity contribution in [2.75, 3.05) is 5.43 Å². The summed E-state index contributed by atoms with van der Waals surface area (Å²) in [6.07, 6.45) is 4.46. The molecule has 0 saturated heterocycles. The zero-order valence-corrected chi connectivity index (χ0v) is 9.57. The van der Waals surface area contributed by atoms with Gasteiger partial charge in [-0.05, 0) is 0 Å². The number of nitrogens with zero attached hydrogens (tertiary/aromatic N) is 3. The van der Waals surface area contributed by atoms with E-state index in [-0.39, 0.29) is 11.6 Å². The van der Waals surface area contributed by atoms with Gasteiger partial charge in [-0.3, -0.25) is 9.78 Å². The van der Waals surface area contributed by atoms with Gasteiger partial charge in [-0.25, -0.2) is 15.8 Å². The Morgan fingerprint density at radius 3 is 2.82 bits per heavy atom. The van der Waals surface area contributed by atoms with E-state index in [0.717, 1.165) is 4.88 Å². The van der Waals surface area contributed by atoms with E-state index in [1.807, 2.05) is 0 Å². The molecule has 2 aromatic heterocycles. The van der Waals surface area contributed by atoms with Crippen molar-refractivity contribution < 1.29 is 4.79 Å². The molecular weight excluding hydrogens is 240 g/mol. The highest BCUT2D eigenvalue weighted by Crippen LogP contribution is 2.05. The van der Waals surface area contributed by atoms with Crippen molar-refractivity contribution >= 4 is 23.1 Å². The molecule has 88 valence electrons. The van der Waals surface area contributed by atoms with Crippen LogP contribution >= 0.6 is 11.3 Å². The van der Waals surface area contributed by atoms with Gasteiger partial charge in [0.1, 0.15) is 5.69 Å². The molecule has 0 radical (unpaired) electrons. The van der Waals surface area contributed by atoms with Gasteiger partial charge in [0.25, 0.3) is 5.91 Å². The van der Waals surface area contributed by atoms with Crippen molar-refractivity contribution in [3.8, 4) is 0 Å². The fourth-order valence-electron chi connectivity index (χ4n) is 1.11. The number of amides is 1. The Bertz CT molecular complexity index is 483. The third-order valence-corrected chi connectivity index (χ3v) is 2.72. The minimum atomic E-state index is -0.283. The van der Waals surface area contributed by atoms with Crippen LogP contribution in [0.5, 0.6) is 0 Å². The summed E-state index contributed by atoms with van der Waals surface area (Å²) in [5.74, 6) is 5.26. The number of nitrogens with two attached hydrogens (primary N) is 1. The Hall–Kier alpha value is -2.06. The topological polar surface area (TPSA) is 106 Å². The number of nitrogen functional groups attached to an aromatic ring is 1. The molecule has 0 saturated carbocycles. The number of aromatic nitrogens is 3. The summed E-state index contributed by atoms with van der Waals surface area (Å²) in [4.78, 5) is 24.4. The van der Waals surface area contributed by atoms with E-state index in [0.29, 0.717) is 12.4 Å². The Morgan fingerprint density at radius 2 is 2.24 bits per heavy atom. The summed E-state index contributed by atoms with van der Waals surface area (Å²) in [6, 6.07) is 0. The minimum Gasteiger partial charge on any atom is -0.346 e. The van der Waals surface area contributed by atoms with Crippen LogP contribution in [-0.4, -0.2) is 20.9 Å². The molecule has 0 aliphatic heterocycles. The molecule has 0 aromatic carbocycles. The van der Waals surface area contributed by atoms with E-state index >= 15 is 0 Å². The van der Waals surface area contributed by atoms with Crippen LogP contribution in [0.25, 0.3) is 0 Å². The monoisotopic (exact) mass is 250 g/mol. The lowest BCUT2D eigenvalue weighted by Crippen LogP contribution is -2.23. The molecule has 4 N–H and O–H groups in total. The molecule has 7 nitrogen and oxygen atoms in total. The largest absolute Gasteiger partial charge is 0.346 e. The first-order chi connectivity index (χ1) is 8.29. The van der Waals surface area contributed by atoms with E-state index < -0.39 is 0 Å². The minimum absolute atomic E-state index is 0.244. The molecule has 1 amide bonds. The summed E-state index contributed by atoms with van der Waals surface area (Å²) in [7, 11) is 0. The summed E-state index contributed by atoms with van der Waals surface area (Å²) in [5.41, 5.74) is 4.29. The van der Waals surface area contributed by atoms with Crippen LogP contribution in [0.4, 0.5) is 5.82 Å². The summed E-state index contributed by atoms with van der Waals surface area (Å²) < 4.78 is 0. The number of rotatable bonds is 4. The summed E-state index contributed by atoms with van der Waals surface area (Å²) in [6.45, 7) is 0.433. The lowest BCUT2D eigenvalue weighted by atomic mass is 10.4. The first-order valence-electron chi connectivity index (χ1n) is 4.74. The van der Waals surface area contributed by atoms with Gasteiger partial charge in [-0.1, -0.05) is 0 Å². The Morgan fingerprint density at radius 1 is 1.35 bits per heavy atom. The van der Waals surface area contributed by atoms with Gasteiger partial charge in [0.2, 0.25) is 0 Å². The highest BCUT2D eigenvalue weighted by molar-refractivity contribution is 7.09. The van der Waals surface area contributed by atoms with Crippen molar-refractivity contribution in [2.45, 2.75) is 6.54 Å². The number of thiazole rings is 1. The average molecular weight is 250 g/mol. The molecule has 0 unspecified atom stereocenters. The van der Waals surface area contributed by atoms with E-state index in [4.69, 9.17) is 5.84 Å². The van der Waals surface area contributed by atoms with Crippen LogP contribution in [-0.2, 0) is 6.54 Å². The predicted octanol–water partition coefficient (Wildman–Crippen LogP) is 0.149. The van der Waals surface area contributed by atoms with Crippen molar-refractivity contribution in [2.24, 2.45) is 5.84 Å². The summed E-state index contributed by atoms with van der Waals surface area (Å²) in [5, 5.41) is 2.72. The van der Waals surface area contributed by atoms with E-state index in [1.54, 1.807) is 11.7 Å². The molecule has 2 aromatic rings. The molecule has 0 spiro atoms. The number of carbonyl (C=O) groups is 1. The lowest BCUT2D eigenvalue weighted by molar-refractivity contribution is 0.0946. The molecule has 17 heavy (non-hydrogen) atoms. The molecule has 0 bridgehead atoms. The molecular formula is C9H10N6OS. The average Bonchev–Trinajstić information content (AvgIpc) is 2.89. The van der Waals surface area contributed by atoms with Gasteiger partial charge in [0.15, 0.2) is 5.82 Å². The highest BCUT2D eigenvalue weighted by atomic mass is 32.1. The first kappa shape index (κ1) is 11.4. The van der Waals surface area contributed by atoms with Crippen LogP contribution in [0.15, 0.2) is 24.1 Å². The predicted molar refractivity (Wildman–Crippen MR) is 63.1 cm³/mol. The van der Waals surface area contributed by atoms with E-state index in [2.05, 4.69) is 25.7 Å². The van der Waals surface area contributed by atoms with Crippen molar-refractivity contribution in [3.63, 3.8) is 0 Å². The van der Waals surface area contributed by atoms with Crippen LogP contribution in [0, 0.1) is 0 Å². The zero-order valence-electron chi connectivity index (χ0n) is 8.75. The molecule has 0 aliphatic carbocycles. The molecule has 0 aliphatic rings. The van der Waals surface area contributed by atoms with Gasteiger partial charge in [-0.2, -0.15) is 0 Å². The number of carbonyl (C=O) groups excluding carboxylic acids is 1. The second kappa shape index (κ2) is 5.32. The zero-order chi connectivity index (χ0) is 12.1. The van der Waals surface area contributed by atoms with Crippen LogP contribution in [0.3, 0.4) is 0 Å². The second-order valence-electron chi connectivity index (χ2n) is 3.08. The Labute approximate surface area is 101 Å². The van der Waals surface area contributed by atoms with E-state index in [1.165, 1.54) is 23.7 Å². The van der Waals surface area contributed by atoms with E-state index in [9.17, 15) is 4.79 Å². The van der Waals surface area contributed by atoms with Crippen molar-refractivity contribution in [1.82, 2.24) is 20.3 Å². The number of nitrogens with one attached hydrogen (secondary N) is 2. The van der Waals surface area contributed by atoms with Gasteiger partial charge in [0, 0.05) is 11.1 Å². The molecule has 0 fully saturated rings. The van der Waals surface area contributed by atoms with Crippen LogP contribution in [0.1, 0.15) is 15.4 Å². The van der Waals surface area contributed by atoms with Gasteiger partial charge >= 0.3 is 0 Å². The maximum Gasteiger partial charge on any atom is 0.271 e. The maximum absolute atomic E-state index is 11.7. The number of hydrazine groups is 1. The first-order valence-corrected chi connectivity index (χ1v) is 5.62. The fraction of sp³-hybridized carbons (Fsp3) is 0.111. The van der Waals surface area contributed by atoms with Gasteiger partial charge in [0.05, 0.1) is 24.4 Å². The van der Waals surface area contributed by atoms with Crippen LogP contribution in [0.2, 0.25) is 0 Å². The fourth-order valence-corrected chi connectivity index (χ4v) is 1.64. The normalized spacial score (nSPS) is 9.94. The van der Waals surface area contributed by atoms with Crippen LogP contribution < -0.4 is 16.6 Å². The Balaban J connectivity index is 1.95. The van der Waals surface area contributed by atoms with Gasteiger partial charge < -0.3 is 10.7 Å². The number of hydrogen-bond acceptors (Lipinski definition) is 7. The number of anilines is 1. The summed E-state index contributed by atoms with van der Waals surface area (Å²) >= 11 is 1.48. The lowest BCUT2D eigenvalue weighted by Gasteiger charge is -2.03. The standard InChI is InChI=1S/C9H10N6OS/c10-15-8-4-12-7(3-13-8)9(16)14-2-6-1-11-5-17-6/h1,3-5H,2,10H2,(H,13,15)(H,14,16). The quantitative estimate of drug-likeness (QED) is 0.527. The SMILES string of the molecule is NNc1cnc(C(=O)NCc2cncs2)cn1. The molecule has 8 heteroatoms.